The van der Waals surface area contributed by atoms with Crippen LogP contribution in [-0.4, -0.2) is 54.8 Å². The van der Waals surface area contributed by atoms with Gasteiger partial charge in [0.05, 0.1) is 26.3 Å². The van der Waals surface area contributed by atoms with Crippen LogP contribution >= 0.6 is 23.4 Å². The predicted octanol–water partition coefficient (Wildman–Crippen LogP) is 3.53. The van der Waals surface area contributed by atoms with Crippen LogP contribution < -0.4 is 4.74 Å². The zero-order valence-corrected chi connectivity index (χ0v) is 19.7. The number of thioether (sulfide) groups is 1. The first-order chi connectivity index (χ1) is 16.6. The van der Waals surface area contributed by atoms with Gasteiger partial charge in [-0.25, -0.2) is 4.68 Å². The van der Waals surface area contributed by atoms with Gasteiger partial charge in [0.1, 0.15) is 11.4 Å². The van der Waals surface area contributed by atoms with Crippen LogP contribution in [0, 0.1) is 0 Å². The third-order valence-electron chi connectivity index (χ3n) is 5.05. The van der Waals surface area contributed by atoms with Crippen molar-refractivity contribution in [2.75, 3.05) is 14.2 Å². The highest BCUT2D eigenvalue weighted by Crippen LogP contribution is 2.25. The topological polar surface area (TPSA) is 109 Å². The second kappa shape index (κ2) is 9.27. The molecule has 0 fully saturated rings. The number of carbonyl (C=O) groups is 1. The summed E-state index contributed by atoms with van der Waals surface area (Å²) in [4.78, 5) is 16.5. The van der Waals surface area contributed by atoms with Gasteiger partial charge in [0.25, 0.3) is 5.78 Å². The molecular formula is C22H18ClN7O3S. The summed E-state index contributed by atoms with van der Waals surface area (Å²) in [6, 6.07) is 15.0. The lowest BCUT2D eigenvalue weighted by Crippen LogP contribution is -2.06. The fourth-order valence-electron chi connectivity index (χ4n) is 3.35. The molecule has 0 aliphatic carbocycles. The molecule has 34 heavy (non-hydrogen) atoms. The Morgan fingerprint density at radius 3 is 2.50 bits per heavy atom. The molecular weight excluding hydrogens is 478 g/mol. The molecule has 0 saturated heterocycles. The molecule has 0 N–H and O–H groups in total. The van der Waals surface area contributed by atoms with E-state index in [-0.39, 0.29) is 6.42 Å². The molecule has 0 radical (unpaired) electrons. The van der Waals surface area contributed by atoms with Crippen molar-refractivity contribution in [1.29, 1.82) is 0 Å². The smallest absolute Gasteiger partial charge is 0.311 e. The van der Waals surface area contributed by atoms with Crippen LogP contribution in [0.1, 0.15) is 11.3 Å². The second-order valence-corrected chi connectivity index (χ2v) is 8.58. The van der Waals surface area contributed by atoms with Crippen LogP contribution in [0.5, 0.6) is 5.75 Å². The number of hydrogen-bond donors (Lipinski definition) is 0. The van der Waals surface area contributed by atoms with Gasteiger partial charge in [0.2, 0.25) is 5.16 Å². The van der Waals surface area contributed by atoms with Crippen molar-refractivity contribution < 1.29 is 14.3 Å². The summed E-state index contributed by atoms with van der Waals surface area (Å²) < 4.78 is 13.3. The van der Waals surface area contributed by atoms with Crippen LogP contribution in [-0.2, 0) is 21.7 Å². The van der Waals surface area contributed by atoms with E-state index in [0.29, 0.717) is 44.3 Å². The van der Waals surface area contributed by atoms with E-state index in [1.165, 1.54) is 18.9 Å². The Hall–Kier alpha value is -3.70. The largest absolute Gasteiger partial charge is 0.497 e. The molecule has 0 aliphatic rings. The van der Waals surface area contributed by atoms with Crippen molar-refractivity contribution in [2.24, 2.45) is 0 Å². The zero-order chi connectivity index (χ0) is 23.7. The average Bonchev–Trinajstić information content (AvgIpc) is 3.45. The lowest BCUT2D eigenvalue weighted by molar-refractivity contribution is -0.139. The Balaban J connectivity index is 1.59. The quantitative estimate of drug-likeness (QED) is 0.247. The molecule has 0 unspecified atom stereocenters. The fraction of sp³-hybridized carbons (Fsp3) is 0.182. The predicted molar refractivity (Wildman–Crippen MR) is 126 cm³/mol. The molecule has 2 aromatic carbocycles. The maximum Gasteiger partial charge on any atom is 0.311 e. The highest BCUT2D eigenvalue weighted by atomic mass is 35.5. The number of fused-ring (bicyclic) bond motifs is 3. The molecule has 0 amide bonds. The zero-order valence-electron chi connectivity index (χ0n) is 18.2. The molecule has 0 atom stereocenters. The van der Waals surface area contributed by atoms with Gasteiger partial charge in [-0.05, 0) is 42.0 Å². The molecule has 0 spiro atoms. The first-order valence-corrected chi connectivity index (χ1v) is 11.5. The summed E-state index contributed by atoms with van der Waals surface area (Å²) in [5.74, 6) is 1.27. The molecule has 3 aromatic heterocycles. The van der Waals surface area contributed by atoms with Crippen LogP contribution in [0.15, 0.2) is 53.7 Å². The van der Waals surface area contributed by atoms with Gasteiger partial charge in [-0.2, -0.15) is 14.6 Å². The second-order valence-electron chi connectivity index (χ2n) is 7.20. The van der Waals surface area contributed by atoms with Crippen LogP contribution in [0.2, 0.25) is 5.02 Å². The monoisotopic (exact) mass is 495 g/mol. The maximum atomic E-state index is 12.0. The van der Waals surface area contributed by atoms with E-state index in [9.17, 15) is 4.79 Å². The molecule has 3 heterocycles. The number of methoxy groups -OCH3 is 2. The van der Waals surface area contributed by atoms with Gasteiger partial charge in [-0.15, -0.1) is 15.3 Å². The number of benzene rings is 2. The Morgan fingerprint density at radius 1 is 1.03 bits per heavy atom. The molecule has 5 aromatic rings. The van der Waals surface area contributed by atoms with Gasteiger partial charge in [-0.3, -0.25) is 4.79 Å². The Morgan fingerprint density at radius 2 is 1.79 bits per heavy atom. The average molecular weight is 496 g/mol. The van der Waals surface area contributed by atoms with E-state index in [2.05, 4.69) is 25.4 Å². The molecule has 10 nitrogen and oxygen atoms in total. The van der Waals surface area contributed by atoms with Crippen LogP contribution in [0.25, 0.3) is 22.6 Å². The minimum Gasteiger partial charge on any atom is -0.497 e. The summed E-state index contributed by atoms with van der Waals surface area (Å²) >= 11 is 7.44. The summed E-state index contributed by atoms with van der Waals surface area (Å²) in [5, 5.41) is 19.0. The van der Waals surface area contributed by atoms with E-state index < -0.39 is 5.97 Å². The van der Waals surface area contributed by atoms with Crippen molar-refractivity contribution in [2.45, 2.75) is 17.3 Å². The fourth-order valence-corrected chi connectivity index (χ4v) is 4.25. The number of halogens is 1. The van der Waals surface area contributed by atoms with Gasteiger partial charge in [0, 0.05) is 10.8 Å². The van der Waals surface area contributed by atoms with Crippen molar-refractivity contribution >= 4 is 46.3 Å². The SMILES string of the molecule is COC(=O)Cc1nn(-c2ccc(OC)cc2)c2c1nnc1nc(SCc3ccc(Cl)cc3)nn12. The molecule has 172 valence electrons. The molecule has 0 bridgehead atoms. The summed E-state index contributed by atoms with van der Waals surface area (Å²) in [5.41, 5.74) is 3.24. The summed E-state index contributed by atoms with van der Waals surface area (Å²) in [6.45, 7) is 0. The maximum absolute atomic E-state index is 12.0. The first-order valence-electron chi connectivity index (χ1n) is 10.2. The van der Waals surface area contributed by atoms with Crippen molar-refractivity contribution in [3.05, 3.63) is 64.8 Å². The van der Waals surface area contributed by atoms with E-state index in [0.717, 1.165) is 11.3 Å². The minimum absolute atomic E-state index is 0.0524. The molecule has 0 saturated carbocycles. The van der Waals surface area contributed by atoms with Crippen LogP contribution in [0.4, 0.5) is 0 Å². The van der Waals surface area contributed by atoms with Crippen molar-refractivity contribution in [3.8, 4) is 11.4 Å². The van der Waals surface area contributed by atoms with Crippen molar-refractivity contribution in [1.82, 2.24) is 34.6 Å². The number of ether oxygens (including phenoxy) is 2. The highest BCUT2D eigenvalue weighted by Gasteiger charge is 2.22. The number of nitrogens with zero attached hydrogens (tertiary/aromatic N) is 7. The molecule has 0 aliphatic heterocycles. The Kier molecular flexibility index (Phi) is 6.03. The minimum atomic E-state index is -0.430. The van der Waals surface area contributed by atoms with Gasteiger partial charge in [0.15, 0.2) is 11.2 Å². The van der Waals surface area contributed by atoms with Crippen LogP contribution in [0.3, 0.4) is 0 Å². The van der Waals surface area contributed by atoms with Gasteiger partial charge >= 0.3 is 5.97 Å². The molecule has 5 rings (SSSR count). The highest BCUT2D eigenvalue weighted by molar-refractivity contribution is 7.98. The van der Waals surface area contributed by atoms with E-state index in [1.54, 1.807) is 16.3 Å². The summed E-state index contributed by atoms with van der Waals surface area (Å²) in [7, 11) is 2.93. The van der Waals surface area contributed by atoms with Crippen molar-refractivity contribution in [3.63, 3.8) is 0 Å². The number of aromatic nitrogens is 7. The third-order valence-corrected chi connectivity index (χ3v) is 6.22. The normalized spacial score (nSPS) is 11.3. The van der Waals surface area contributed by atoms with Gasteiger partial charge < -0.3 is 9.47 Å². The number of carbonyl (C=O) groups excluding carboxylic acids is 1. The summed E-state index contributed by atoms with van der Waals surface area (Å²) in [6.07, 6.45) is -0.0524. The molecule has 12 heteroatoms. The Labute approximate surface area is 202 Å². The van der Waals surface area contributed by atoms with E-state index in [4.69, 9.17) is 21.1 Å². The first kappa shape index (κ1) is 22.1. The Bertz CT molecular complexity index is 1480. The number of hydrogen-bond acceptors (Lipinski definition) is 9. The number of esters is 1. The van der Waals surface area contributed by atoms with E-state index >= 15 is 0 Å². The standard InChI is InChI=1S/C22H18ClN7O3S/c1-32-16-9-7-15(8-10-16)29-20-19(17(27-29)11-18(31)33-2)25-26-21-24-22(28-30(20)21)34-12-13-3-5-14(23)6-4-13/h3-10H,11-12H2,1-2H3. The lowest BCUT2D eigenvalue weighted by Gasteiger charge is -2.05. The number of rotatable bonds is 7. The van der Waals surface area contributed by atoms with Gasteiger partial charge in [-0.1, -0.05) is 35.5 Å². The van der Waals surface area contributed by atoms with E-state index in [1.807, 2.05) is 48.5 Å². The lowest BCUT2D eigenvalue weighted by atomic mass is 10.2. The third kappa shape index (κ3) is 4.27.